The van der Waals surface area contributed by atoms with Crippen LogP contribution < -0.4 is 5.73 Å². The molecule has 1 aromatic carbocycles. The van der Waals surface area contributed by atoms with Crippen LogP contribution in [0.4, 0.5) is 0 Å². The van der Waals surface area contributed by atoms with Crippen LogP contribution in [0.25, 0.3) is 0 Å². The summed E-state index contributed by atoms with van der Waals surface area (Å²) < 4.78 is 0. The third-order valence-electron chi connectivity index (χ3n) is 3.20. The maximum Gasteiger partial charge on any atom is 0.0441 e. The Balaban J connectivity index is 2.18. The van der Waals surface area contributed by atoms with Gasteiger partial charge < -0.3 is 5.73 Å². The Morgan fingerprint density at radius 2 is 1.94 bits per heavy atom. The van der Waals surface area contributed by atoms with Gasteiger partial charge in [-0.1, -0.05) is 23.7 Å². The van der Waals surface area contributed by atoms with Crippen molar-refractivity contribution in [1.29, 1.82) is 0 Å². The highest BCUT2D eigenvalue weighted by atomic mass is 35.5. The summed E-state index contributed by atoms with van der Waals surface area (Å²) in [6.07, 6.45) is 0.790. The van der Waals surface area contributed by atoms with E-state index < -0.39 is 0 Å². The maximum absolute atomic E-state index is 6.27. The second-order valence-electron chi connectivity index (χ2n) is 4.79. The van der Waals surface area contributed by atoms with E-state index in [9.17, 15) is 0 Å². The summed E-state index contributed by atoms with van der Waals surface area (Å²) in [6, 6.07) is 8.37. The summed E-state index contributed by atoms with van der Waals surface area (Å²) in [5.74, 6) is 0. The molecule has 0 aliphatic heterocycles. The molecule has 0 aliphatic rings. The quantitative estimate of drug-likeness (QED) is 0.875. The van der Waals surface area contributed by atoms with Gasteiger partial charge in [0.25, 0.3) is 0 Å². The van der Waals surface area contributed by atoms with E-state index in [0.29, 0.717) is 0 Å². The predicted molar refractivity (Wildman–Crippen MR) is 80.6 cm³/mol. The predicted octanol–water partition coefficient (Wildman–Crippen LogP) is 4.57. The Labute approximate surface area is 118 Å². The number of hydrogen-bond acceptors (Lipinski definition) is 2. The summed E-state index contributed by atoms with van der Waals surface area (Å²) in [4.78, 5) is 2.58. The lowest BCUT2D eigenvalue weighted by Crippen LogP contribution is -2.12. The Bertz CT molecular complexity index is 540. The van der Waals surface area contributed by atoms with Crippen molar-refractivity contribution in [2.45, 2.75) is 33.2 Å². The van der Waals surface area contributed by atoms with E-state index in [1.165, 1.54) is 20.9 Å². The number of nitrogens with two attached hydrogens (primary N) is 1. The topological polar surface area (TPSA) is 26.0 Å². The monoisotopic (exact) mass is 279 g/mol. The fourth-order valence-electron chi connectivity index (χ4n) is 1.94. The average molecular weight is 280 g/mol. The van der Waals surface area contributed by atoms with Gasteiger partial charge in [-0.3, -0.25) is 0 Å². The molecule has 0 radical (unpaired) electrons. The Morgan fingerprint density at radius 1 is 1.22 bits per heavy atom. The van der Waals surface area contributed by atoms with E-state index in [0.717, 1.165) is 17.0 Å². The smallest absolute Gasteiger partial charge is 0.0441 e. The van der Waals surface area contributed by atoms with Crippen LogP contribution in [-0.4, -0.2) is 0 Å². The van der Waals surface area contributed by atoms with Crippen molar-refractivity contribution in [2.75, 3.05) is 0 Å². The Morgan fingerprint density at radius 3 is 2.50 bits per heavy atom. The van der Waals surface area contributed by atoms with Crippen LogP contribution in [0.1, 0.15) is 32.5 Å². The van der Waals surface area contributed by atoms with Gasteiger partial charge in [-0.15, -0.1) is 11.3 Å². The molecule has 1 heterocycles. The number of hydrogen-bond donors (Lipinski definition) is 1. The largest absolute Gasteiger partial charge is 0.323 e. The highest BCUT2D eigenvalue weighted by Crippen LogP contribution is 2.29. The van der Waals surface area contributed by atoms with Crippen molar-refractivity contribution in [1.82, 2.24) is 0 Å². The molecule has 18 heavy (non-hydrogen) atoms. The van der Waals surface area contributed by atoms with Crippen molar-refractivity contribution in [2.24, 2.45) is 5.73 Å². The number of halogens is 1. The maximum atomic E-state index is 6.27. The first-order chi connectivity index (χ1) is 8.47. The molecule has 1 aromatic heterocycles. The van der Waals surface area contributed by atoms with E-state index in [4.69, 9.17) is 17.3 Å². The van der Waals surface area contributed by atoms with Crippen LogP contribution in [0.3, 0.4) is 0 Å². The van der Waals surface area contributed by atoms with Gasteiger partial charge in [0.1, 0.15) is 0 Å². The van der Waals surface area contributed by atoms with Crippen molar-refractivity contribution in [3.8, 4) is 0 Å². The van der Waals surface area contributed by atoms with Gasteiger partial charge in [-0.05, 0) is 56.0 Å². The molecule has 2 rings (SSSR count). The number of rotatable bonds is 3. The minimum atomic E-state index is 0.0302. The van der Waals surface area contributed by atoms with Crippen molar-refractivity contribution in [3.63, 3.8) is 0 Å². The van der Waals surface area contributed by atoms with Crippen LogP contribution in [0.5, 0.6) is 0 Å². The molecule has 1 atom stereocenters. The first-order valence-corrected chi connectivity index (χ1v) is 7.24. The molecule has 1 nitrogen and oxygen atoms in total. The summed E-state index contributed by atoms with van der Waals surface area (Å²) in [7, 11) is 0. The molecule has 0 amide bonds. The Kier molecular flexibility index (Phi) is 4.10. The van der Waals surface area contributed by atoms with Gasteiger partial charge >= 0.3 is 0 Å². The van der Waals surface area contributed by atoms with Crippen LogP contribution in [0.2, 0.25) is 5.02 Å². The van der Waals surface area contributed by atoms with Crippen LogP contribution in [-0.2, 0) is 6.42 Å². The molecule has 0 aliphatic carbocycles. The van der Waals surface area contributed by atoms with Crippen molar-refractivity contribution >= 4 is 22.9 Å². The minimum Gasteiger partial charge on any atom is -0.323 e. The fourth-order valence-corrected chi connectivity index (χ4v) is 3.30. The number of thiophene rings is 1. The zero-order valence-corrected chi connectivity index (χ0v) is 12.5. The van der Waals surface area contributed by atoms with Crippen molar-refractivity contribution in [3.05, 3.63) is 55.7 Å². The van der Waals surface area contributed by atoms with E-state index >= 15 is 0 Å². The molecule has 0 saturated heterocycles. The highest BCUT2D eigenvalue weighted by Gasteiger charge is 2.12. The van der Waals surface area contributed by atoms with E-state index in [-0.39, 0.29) is 6.04 Å². The SMILES string of the molecule is Cc1ccc(CC(N)c2cc(C)c(C)s2)c(Cl)c1. The second kappa shape index (κ2) is 5.43. The lowest BCUT2D eigenvalue weighted by Gasteiger charge is -2.11. The summed E-state index contributed by atoms with van der Waals surface area (Å²) in [5.41, 5.74) is 9.89. The zero-order chi connectivity index (χ0) is 13.3. The number of aryl methyl sites for hydroxylation is 3. The summed E-state index contributed by atoms with van der Waals surface area (Å²) in [5, 5.41) is 0.815. The van der Waals surface area contributed by atoms with Crippen LogP contribution >= 0.6 is 22.9 Å². The van der Waals surface area contributed by atoms with Gasteiger partial charge in [0.2, 0.25) is 0 Å². The lowest BCUT2D eigenvalue weighted by atomic mass is 10.0. The second-order valence-corrected chi connectivity index (χ2v) is 6.49. The molecule has 1 unspecified atom stereocenters. The molecule has 0 saturated carbocycles. The van der Waals surface area contributed by atoms with Gasteiger partial charge in [0, 0.05) is 20.8 Å². The molecule has 0 fully saturated rings. The van der Waals surface area contributed by atoms with Gasteiger partial charge in [-0.25, -0.2) is 0 Å². The summed E-state index contributed by atoms with van der Waals surface area (Å²) in [6.45, 7) is 6.30. The molecule has 96 valence electrons. The zero-order valence-electron chi connectivity index (χ0n) is 11.0. The number of benzene rings is 1. The fraction of sp³-hybridized carbons (Fsp3) is 0.333. The normalized spacial score (nSPS) is 12.7. The molecule has 2 aromatic rings. The van der Waals surface area contributed by atoms with E-state index in [1.54, 1.807) is 11.3 Å². The summed E-state index contributed by atoms with van der Waals surface area (Å²) >= 11 is 8.03. The molecular weight excluding hydrogens is 262 g/mol. The van der Waals surface area contributed by atoms with Gasteiger partial charge in [0.05, 0.1) is 0 Å². The molecule has 2 N–H and O–H groups in total. The van der Waals surface area contributed by atoms with Gasteiger partial charge in [-0.2, -0.15) is 0 Å². The molecule has 3 heteroatoms. The van der Waals surface area contributed by atoms with Gasteiger partial charge in [0.15, 0.2) is 0 Å². The highest BCUT2D eigenvalue weighted by molar-refractivity contribution is 7.12. The average Bonchev–Trinajstić information content (AvgIpc) is 2.63. The van der Waals surface area contributed by atoms with Crippen LogP contribution in [0.15, 0.2) is 24.3 Å². The van der Waals surface area contributed by atoms with E-state index in [2.05, 4.69) is 32.0 Å². The minimum absolute atomic E-state index is 0.0302. The molecular formula is C15H18ClNS. The molecule has 0 spiro atoms. The Hall–Kier alpha value is -0.830. The third-order valence-corrected chi connectivity index (χ3v) is 4.84. The standard InChI is InChI=1S/C15H18ClNS/c1-9-4-5-12(13(16)6-9)8-14(17)15-7-10(2)11(3)18-15/h4-7,14H,8,17H2,1-3H3. The van der Waals surface area contributed by atoms with E-state index in [1.807, 2.05) is 13.0 Å². The first kappa shape index (κ1) is 13.6. The first-order valence-electron chi connectivity index (χ1n) is 6.05. The van der Waals surface area contributed by atoms with Crippen LogP contribution in [0, 0.1) is 20.8 Å². The molecule has 0 bridgehead atoms. The third kappa shape index (κ3) is 2.94. The lowest BCUT2D eigenvalue weighted by molar-refractivity contribution is 0.736. The van der Waals surface area contributed by atoms with Crippen molar-refractivity contribution < 1.29 is 0 Å².